The molecular weight excluding hydrogens is 246 g/mol. The molecule has 19 heavy (non-hydrogen) atoms. The summed E-state index contributed by atoms with van der Waals surface area (Å²) in [5.41, 5.74) is 3.00. The van der Waals surface area contributed by atoms with E-state index in [0.717, 1.165) is 32.5 Å². The number of nitrogens with one attached hydrogen (secondary N) is 1. The summed E-state index contributed by atoms with van der Waals surface area (Å²) in [7, 11) is 0. The summed E-state index contributed by atoms with van der Waals surface area (Å²) >= 11 is 0. The van der Waals surface area contributed by atoms with Crippen LogP contribution in [0.25, 0.3) is 0 Å². The Morgan fingerprint density at radius 2 is 2.05 bits per heavy atom. The quantitative estimate of drug-likeness (QED) is 0.489. The third-order valence-electron chi connectivity index (χ3n) is 5.10. The number of carbonyl (C=O) groups is 1. The van der Waals surface area contributed by atoms with Gasteiger partial charge in [0.15, 0.2) is 0 Å². The summed E-state index contributed by atoms with van der Waals surface area (Å²) in [5.74, 6) is 4.72. The number of hydrogen-bond acceptors (Lipinski definition) is 5. The zero-order valence-corrected chi connectivity index (χ0v) is 11.2. The highest BCUT2D eigenvalue weighted by molar-refractivity contribution is 5.67. The highest BCUT2D eigenvalue weighted by atomic mass is 16.5. The highest BCUT2D eigenvalue weighted by Gasteiger charge is 2.57. The summed E-state index contributed by atoms with van der Waals surface area (Å²) < 4.78 is 5.44. The predicted octanol–water partition coefficient (Wildman–Crippen LogP) is -0.0636. The summed E-state index contributed by atoms with van der Waals surface area (Å²) in [6, 6.07) is 1.12. The van der Waals surface area contributed by atoms with E-state index in [1.54, 1.807) is 0 Å². The van der Waals surface area contributed by atoms with Crippen LogP contribution in [0.1, 0.15) is 32.1 Å². The average molecular weight is 269 g/mol. The molecule has 0 amide bonds. The van der Waals surface area contributed by atoms with Gasteiger partial charge >= 0.3 is 5.97 Å². The molecule has 108 valence electrons. The fraction of sp³-hybridized carbons (Fsp3) is 0.923. The second-order valence-corrected chi connectivity index (χ2v) is 6.34. The standard InChI is InChI=1S/C13H23N3O3/c14-15-9-1-3-10(4-2-9)16-6-13(7-16)8-19-11(13)5-12(17)18/h9-11,15H,1-8,14H2,(H,17,18). The first-order chi connectivity index (χ1) is 9.13. The number of hydrazine groups is 1. The van der Waals surface area contributed by atoms with Crippen LogP contribution in [0, 0.1) is 5.41 Å². The van der Waals surface area contributed by atoms with Crippen LogP contribution in [0.3, 0.4) is 0 Å². The molecule has 0 aromatic carbocycles. The number of nitrogens with two attached hydrogens (primary N) is 1. The van der Waals surface area contributed by atoms with Crippen LogP contribution in [-0.2, 0) is 9.53 Å². The van der Waals surface area contributed by atoms with Crippen LogP contribution in [0.2, 0.25) is 0 Å². The fourth-order valence-corrected chi connectivity index (χ4v) is 3.79. The molecule has 3 fully saturated rings. The number of rotatable bonds is 4. The Labute approximate surface area is 113 Å². The minimum atomic E-state index is -0.753. The van der Waals surface area contributed by atoms with E-state index in [1.165, 1.54) is 12.8 Å². The number of hydrogen-bond donors (Lipinski definition) is 3. The van der Waals surface area contributed by atoms with E-state index < -0.39 is 5.97 Å². The Balaban J connectivity index is 1.46. The highest BCUT2D eigenvalue weighted by Crippen LogP contribution is 2.46. The molecule has 1 saturated carbocycles. The van der Waals surface area contributed by atoms with Crippen molar-refractivity contribution in [3.63, 3.8) is 0 Å². The first-order valence-electron chi connectivity index (χ1n) is 7.16. The molecule has 4 N–H and O–H groups in total. The SMILES string of the molecule is NNC1CCC(N2CC3(COC3CC(=O)O)C2)CC1. The number of aliphatic carboxylic acids is 1. The smallest absolute Gasteiger partial charge is 0.306 e. The summed E-state index contributed by atoms with van der Waals surface area (Å²) in [6.45, 7) is 2.76. The number of ether oxygens (including phenoxy) is 1. The van der Waals surface area contributed by atoms with Gasteiger partial charge in [-0.3, -0.25) is 21.0 Å². The fourth-order valence-electron chi connectivity index (χ4n) is 3.79. The van der Waals surface area contributed by atoms with Crippen LogP contribution in [0.4, 0.5) is 0 Å². The van der Waals surface area contributed by atoms with E-state index in [1.807, 2.05) is 0 Å². The number of nitrogens with zero attached hydrogens (tertiary/aromatic N) is 1. The normalized spacial score (nSPS) is 37.6. The lowest BCUT2D eigenvalue weighted by Crippen LogP contribution is -2.72. The van der Waals surface area contributed by atoms with Crippen LogP contribution >= 0.6 is 0 Å². The van der Waals surface area contributed by atoms with Crippen molar-refractivity contribution in [3.05, 3.63) is 0 Å². The van der Waals surface area contributed by atoms with E-state index in [2.05, 4.69) is 10.3 Å². The van der Waals surface area contributed by atoms with Crippen LogP contribution in [-0.4, -0.2) is 53.9 Å². The molecular formula is C13H23N3O3. The van der Waals surface area contributed by atoms with E-state index in [-0.39, 0.29) is 17.9 Å². The summed E-state index contributed by atoms with van der Waals surface area (Å²) in [5, 5.41) is 8.86. The molecule has 2 heterocycles. The van der Waals surface area contributed by atoms with Gasteiger partial charge in [-0.15, -0.1) is 0 Å². The van der Waals surface area contributed by atoms with Crippen molar-refractivity contribution in [3.8, 4) is 0 Å². The first-order valence-corrected chi connectivity index (χ1v) is 7.16. The molecule has 6 heteroatoms. The van der Waals surface area contributed by atoms with Gasteiger partial charge < -0.3 is 9.84 Å². The molecule has 6 nitrogen and oxygen atoms in total. The molecule has 0 aromatic heterocycles. The van der Waals surface area contributed by atoms with Crippen molar-refractivity contribution < 1.29 is 14.6 Å². The largest absolute Gasteiger partial charge is 0.481 e. The monoisotopic (exact) mass is 269 g/mol. The lowest BCUT2D eigenvalue weighted by atomic mass is 9.69. The summed E-state index contributed by atoms with van der Waals surface area (Å²) in [6.07, 6.45) is 4.74. The minimum absolute atomic E-state index is 0.0664. The lowest BCUT2D eigenvalue weighted by molar-refractivity contribution is -0.256. The zero-order chi connectivity index (χ0) is 13.5. The predicted molar refractivity (Wildman–Crippen MR) is 69.4 cm³/mol. The van der Waals surface area contributed by atoms with Gasteiger partial charge in [0.1, 0.15) is 0 Å². The minimum Gasteiger partial charge on any atom is -0.481 e. The molecule has 0 aromatic rings. The molecule has 0 bridgehead atoms. The van der Waals surface area contributed by atoms with Gasteiger partial charge in [-0.1, -0.05) is 0 Å². The molecule has 1 aliphatic carbocycles. The maximum absolute atomic E-state index is 10.8. The zero-order valence-electron chi connectivity index (χ0n) is 11.2. The third-order valence-corrected chi connectivity index (χ3v) is 5.10. The van der Waals surface area contributed by atoms with E-state index in [0.29, 0.717) is 12.1 Å². The van der Waals surface area contributed by atoms with Crippen molar-refractivity contribution in [2.24, 2.45) is 11.3 Å². The number of carboxylic acids is 1. The second-order valence-electron chi connectivity index (χ2n) is 6.34. The van der Waals surface area contributed by atoms with Crippen molar-refractivity contribution in [1.29, 1.82) is 0 Å². The Morgan fingerprint density at radius 3 is 2.53 bits per heavy atom. The van der Waals surface area contributed by atoms with Gasteiger partial charge in [0.2, 0.25) is 0 Å². The van der Waals surface area contributed by atoms with Crippen molar-refractivity contribution in [2.45, 2.75) is 50.3 Å². The number of carboxylic acid groups (broad SMARTS) is 1. The van der Waals surface area contributed by atoms with Crippen molar-refractivity contribution in [2.75, 3.05) is 19.7 Å². The topological polar surface area (TPSA) is 87.8 Å². The molecule has 2 saturated heterocycles. The van der Waals surface area contributed by atoms with Crippen LogP contribution < -0.4 is 11.3 Å². The third kappa shape index (κ3) is 2.38. The molecule has 2 aliphatic heterocycles. The molecule has 1 unspecified atom stereocenters. The van der Waals surface area contributed by atoms with Gasteiger partial charge in [0.25, 0.3) is 0 Å². The Bertz CT molecular complexity index is 349. The lowest BCUT2D eigenvalue weighted by Gasteiger charge is -2.62. The first kappa shape index (κ1) is 13.3. The van der Waals surface area contributed by atoms with Gasteiger partial charge in [-0.25, -0.2) is 0 Å². The van der Waals surface area contributed by atoms with Crippen molar-refractivity contribution in [1.82, 2.24) is 10.3 Å². The van der Waals surface area contributed by atoms with Crippen LogP contribution in [0.5, 0.6) is 0 Å². The van der Waals surface area contributed by atoms with Crippen LogP contribution in [0.15, 0.2) is 0 Å². The molecule has 1 spiro atoms. The molecule has 3 aliphatic rings. The van der Waals surface area contributed by atoms with Gasteiger partial charge in [0, 0.05) is 30.6 Å². The van der Waals surface area contributed by atoms with Gasteiger partial charge in [-0.05, 0) is 25.7 Å². The van der Waals surface area contributed by atoms with E-state index in [9.17, 15) is 4.79 Å². The molecule has 3 rings (SSSR count). The van der Waals surface area contributed by atoms with E-state index in [4.69, 9.17) is 15.7 Å². The Kier molecular flexibility index (Phi) is 3.51. The van der Waals surface area contributed by atoms with Crippen molar-refractivity contribution >= 4 is 5.97 Å². The Hall–Kier alpha value is -0.690. The Morgan fingerprint density at radius 1 is 1.37 bits per heavy atom. The molecule has 0 radical (unpaired) electrons. The van der Waals surface area contributed by atoms with Gasteiger partial charge in [-0.2, -0.15) is 0 Å². The maximum Gasteiger partial charge on any atom is 0.306 e. The van der Waals surface area contributed by atoms with Gasteiger partial charge in [0.05, 0.1) is 19.1 Å². The maximum atomic E-state index is 10.8. The number of likely N-dealkylation sites (tertiary alicyclic amines) is 1. The molecule has 1 atom stereocenters. The second kappa shape index (κ2) is 5.01. The summed E-state index contributed by atoms with van der Waals surface area (Å²) in [4.78, 5) is 13.3. The average Bonchev–Trinajstić information content (AvgIpc) is 2.34. The van der Waals surface area contributed by atoms with E-state index >= 15 is 0 Å².